The van der Waals surface area contributed by atoms with E-state index in [0.717, 1.165) is 5.56 Å². The van der Waals surface area contributed by atoms with Gasteiger partial charge in [-0.25, -0.2) is 0 Å². The lowest BCUT2D eigenvalue weighted by Gasteiger charge is -2.08. The van der Waals surface area contributed by atoms with Gasteiger partial charge in [-0.2, -0.15) is 0 Å². The van der Waals surface area contributed by atoms with Crippen molar-refractivity contribution < 1.29 is 4.21 Å². The molecule has 0 aromatic heterocycles. The first-order valence-electron chi connectivity index (χ1n) is 4.54. The van der Waals surface area contributed by atoms with Crippen molar-refractivity contribution in [2.24, 2.45) is 5.73 Å². The minimum absolute atomic E-state index is 0.0768. The monoisotopic (exact) mass is 265 g/mol. The molecule has 0 aliphatic heterocycles. The first-order valence-corrected chi connectivity index (χ1v) is 6.78. The Hall–Kier alpha value is -0.0900. The van der Waals surface area contributed by atoms with Crippen LogP contribution in [0.2, 0.25) is 10.0 Å². The highest BCUT2D eigenvalue weighted by Crippen LogP contribution is 2.25. The Morgan fingerprint density at radius 2 is 1.93 bits per heavy atom. The molecule has 0 aliphatic rings. The van der Waals surface area contributed by atoms with Crippen LogP contribution in [0.15, 0.2) is 18.2 Å². The van der Waals surface area contributed by atoms with Crippen LogP contribution >= 0.6 is 23.2 Å². The molecule has 0 saturated carbocycles. The van der Waals surface area contributed by atoms with E-state index in [4.69, 9.17) is 28.9 Å². The second-order valence-corrected chi connectivity index (χ2v) is 5.74. The summed E-state index contributed by atoms with van der Waals surface area (Å²) in [6.45, 7) is 1.83. The number of rotatable bonds is 4. The summed E-state index contributed by atoms with van der Waals surface area (Å²) >= 11 is 11.9. The van der Waals surface area contributed by atoms with Crippen molar-refractivity contribution in [3.8, 4) is 0 Å². The highest BCUT2D eigenvalue weighted by Gasteiger charge is 2.10. The van der Waals surface area contributed by atoms with Crippen LogP contribution < -0.4 is 5.73 Å². The van der Waals surface area contributed by atoms with E-state index in [-0.39, 0.29) is 6.04 Å². The van der Waals surface area contributed by atoms with Crippen LogP contribution in [0.25, 0.3) is 0 Å². The molecule has 0 saturated heterocycles. The molecule has 1 aromatic carbocycles. The lowest BCUT2D eigenvalue weighted by molar-refractivity contribution is 0.676. The van der Waals surface area contributed by atoms with Crippen molar-refractivity contribution in [2.75, 3.05) is 5.75 Å². The fourth-order valence-electron chi connectivity index (χ4n) is 1.18. The van der Waals surface area contributed by atoms with Gasteiger partial charge in [-0.1, -0.05) is 29.3 Å². The van der Waals surface area contributed by atoms with Crippen LogP contribution in [0.5, 0.6) is 0 Å². The van der Waals surface area contributed by atoms with E-state index in [9.17, 15) is 4.21 Å². The van der Waals surface area contributed by atoms with Crippen LogP contribution in [-0.4, -0.2) is 16.0 Å². The minimum atomic E-state index is -1.02. The molecule has 0 amide bonds. The fourth-order valence-corrected chi connectivity index (χ4v) is 3.21. The Labute approximate surface area is 102 Å². The third kappa shape index (κ3) is 4.11. The lowest BCUT2D eigenvalue weighted by atomic mass is 10.2. The number of hydrogen-bond donors (Lipinski definition) is 1. The van der Waals surface area contributed by atoms with E-state index in [1.54, 1.807) is 18.2 Å². The minimum Gasteiger partial charge on any atom is -0.327 e. The van der Waals surface area contributed by atoms with Crippen molar-refractivity contribution in [3.63, 3.8) is 0 Å². The summed E-state index contributed by atoms with van der Waals surface area (Å²) < 4.78 is 11.6. The fraction of sp³-hybridized carbons (Fsp3) is 0.400. The molecule has 0 aliphatic carbocycles. The maximum Gasteiger partial charge on any atom is 0.0515 e. The molecule has 5 heteroatoms. The third-order valence-corrected chi connectivity index (χ3v) is 4.03. The van der Waals surface area contributed by atoms with Crippen LogP contribution in [-0.2, 0) is 16.6 Å². The van der Waals surface area contributed by atoms with Gasteiger partial charge in [-0.3, -0.25) is 4.21 Å². The van der Waals surface area contributed by atoms with Gasteiger partial charge in [0.05, 0.1) is 5.75 Å². The molecule has 15 heavy (non-hydrogen) atoms. The second-order valence-electron chi connectivity index (χ2n) is 3.43. The normalized spacial score (nSPS) is 14.9. The summed E-state index contributed by atoms with van der Waals surface area (Å²) in [6.07, 6.45) is 0. The first kappa shape index (κ1) is 13.0. The van der Waals surface area contributed by atoms with Gasteiger partial charge >= 0.3 is 0 Å². The number of hydrogen-bond acceptors (Lipinski definition) is 2. The van der Waals surface area contributed by atoms with E-state index in [1.165, 1.54) is 0 Å². The van der Waals surface area contributed by atoms with Crippen molar-refractivity contribution in [1.29, 1.82) is 0 Å². The summed E-state index contributed by atoms with van der Waals surface area (Å²) in [4.78, 5) is 0. The average molecular weight is 266 g/mol. The van der Waals surface area contributed by atoms with Gasteiger partial charge in [-0.05, 0) is 19.1 Å². The summed E-state index contributed by atoms with van der Waals surface area (Å²) in [7, 11) is -1.02. The molecule has 0 spiro atoms. The van der Waals surface area contributed by atoms with Gasteiger partial charge in [0.25, 0.3) is 0 Å². The standard InChI is InChI=1S/C10H13Cl2NOS/c1-7(13)5-15(14)6-8-9(11)3-2-4-10(8)12/h2-4,7H,5-6,13H2,1H3. The van der Waals surface area contributed by atoms with Crippen molar-refractivity contribution in [1.82, 2.24) is 0 Å². The largest absolute Gasteiger partial charge is 0.327 e. The Morgan fingerprint density at radius 1 is 1.40 bits per heavy atom. The molecule has 0 heterocycles. The molecule has 2 unspecified atom stereocenters. The third-order valence-electron chi connectivity index (χ3n) is 1.82. The van der Waals surface area contributed by atoms with Crippen molar-refractivity contribution in [3.05, 3.63) is 33.8 Å². The number of benzene rings is 1. The van der Waals surface area contributed by atoms with Gasteiger partial charge in [0.1, 0.15) is 0 Å². The van der Waals surface area contributed by atoms with E-state index in [2.05, 4.69) is 0 Å². The summed E-state index contributed by atoms with van der Waals surface area (Å²) in [5.74, 6) is 0.821. The molecule has 2 nitrogen and oxygen atoms in total. The predicted molar refractivity (Wildman–Crippen MR) is 66.8 cm³/mol. The van der Waals surface area contributed by atoms with Gasteiger partial charge < -0.3 is 5.73 Å². The number of nitrogens with two attached hydrogens (primary N) is 1. The Balaban J connectivity index is 2.76. The molecule has 0 radical (unpaired) electrons. The smallest absolute Gasteiger partial charge is 0.0515 e. The van der Waals surface area contributed by atoms with Gasteiger partial charge in [0.2, 0.25) is 0 Å². The number of halogens is 2. The molecule has 1 aromatic rings. The second kappa shape index (κ2) is 5.85. The van der Waals surface area contributed by atoms with Crippen LogP contribution in [0.1, 0.15) is 12.5 Å². The highest BCUT2D eigenvalue weighted by atomic mass is 35.5. The zero-order valence-electron chi connectivity index (χ0n) is 8.37. The Bertz CT molecular complexity index is 348. The predicted octanol–water partition coefficient (Wildman–Crippen LogP) is 2.59. The van der Waals surface area contributed by atoms with Crippen LogP contribution in [0.3, 0.4) is 0 Å². The zero-order chi connectivity index (χ0) is 11.4. The SMILES string of the molecule is CC(N)CS(=O)Cc1c(Cl)cccc1Cl. The van der Waals surface area contributed by atoms with E-state index in [0.29, 0.717) is 21.6 Å². The van der Waals surface area contributed by atoms with Crippen molar-refractivity contribution >= 4 is 34.0 Å². The zero-order valence-corrected chi connectivity index (χ0v) is 10.7. The summed E-state index contributed by atoms with van der Waals surface area (Å²) in [6, 6.07) is 5.17. The quantitative estimate of drug-likeness (QED) is 0.910. The van der Waals surface area contributed by atoms with Gasteiger partial charge in [0.15, 0.2) is 0 Å². The maximum absolute atomic E-state index is 11.6. The topological polar surface area (TPSA) is 43.1 Å². The summed E-state index contributed by atoms with van der Waals surface area (Å²) in [5.41, 5.74) is 6.30. The highest BCUT2D eigenvalue weighted by molar-refractivity contribution is 7.84. The van der Waals surface area contributed by atoms with E-state index in [1.807, 2.05) is 6.92 Å². The molecule has 2 N–H and O–H groups in total. The van der Waals surface area contributed by atoms with Crippen LogP contribution in [0.4, 0.5) is 0 Å². The molecule has 84 valence electrons. The molecule has 2 atom stereocenters. The molecular formula is C10H13Cl2NOS. The van der Waals surface area contributed by atoms with Crippen molar-refractivity contribution in [2.45, 2.75) is 18.7 Å². The Kier molecular flexibility index (Phi) is 5.06. The molecular weight excluding hydrogens is 253 g/mol. The maximum atomic E-state index is 11.6. The average Bonchev–Trinajstić information content (AvgIpc) is 2.10. The molecule has 0 bridgehead atoms. The Morgan fingerprint density at radius 3 is 2.40 bits per heavy atom. The molecule has 1 rings (SSSR count). The summed E-state index contributed by atoms with van der Waals surface area (Å²) in [5, 5.41) is 1.11. The van der Waals surface area contributed by atoms with Crippen LogP contribution in [0, 0.1) is 0 Å². The van der Waals surface area contributed by atoms with Gasteiger partial charge in [0, 0.05) is 38.2 Å². The first-order chi connectivity index (χ1) is 7.00. The lowest BCUT2D eigenvalue weighted by Crippen LogP contribution is -2.23. The van der Waals surface area contributed by atoms with E-state index >= 15 is 0 Å². The van der Waals surface area contributed by atoms with Gasteiger partial charge in [-0.15, -0.1) is 0 Å². The van der Waals surface area contributed by atoms with E-state index < -0.39 is 10.8 Å². The molecule has 0 fully saturated rings.